The normalized spacial score (nSPS) is 16.8. The number of benzene rings is 2. The first kappa shape index (κ1) is 22.6. The summed E-state index contributed by atoms with van der Waals surface area (Å²) in [7, 11) is 4.86. The van der Waals surface area contributed by atoms with Crippen LogP contribution in [-0.2, 0) is 9.47 Å². The number of hydrogen-bond acceptors (Lipinski definition) is 8. The van der Waals surface area contributed by atoms with Gasteiger partial charge in [0, 0.05) is 43.7 Å². The molecular weight excluding hydrogens is 398 g/mol. The minimum Gasteiger partial charge on any atom is -0.497 e. The van der Waals surface area contributed by atoms with E-state index in [1.807, 2.05) is 30.3 Å². The van der Waals surface area contributed by atoms with E-state index in [0.29, 0.717) is 50.1 Å². The molecule has 1 aliphatic heterocycles. The van der Waals surface area contributed by atoms with Crippen LogP contribution in [-0.4, -0.2) is 59.1 Å². The highest BCUT2D eigenvalue weighted by atomic mass is 16.5. The lowest BCUT2D eigenvalue weighted by atomic mass is 10.0. The van der Waals surface area contributed by atoms with E-state index < -0.39 is 0 Å². The Bertz CT molecular complexity index is 886. The van der Waals surface area contributed by atoms with Crippen LogP contribution in [0.5, 0.6) is 17.2 Å². The molecule has 1 aliphatic rings. The van der Waals surface area contributed by atoms with Crippen molar-refractivity contribution in [3.05, 3.63) is 53.7 Å². The van der Waals surface area contributed by atoms with E-state index in [2.05, 4.69) is 4.90 Å². The summed E-state index contributed by atoms with van der Waals surface area (Å²) in [4.78, 5) is 2.18. The van der Waals surface area contributed by atoms with Crippen LogP contribution in [0.15, 0.2) is 42.6 Å². The predicted octanol–water partition coefficient (Wildman–Crippen LogP) is 2.64. The van der Waals surface area contributed by atoms with E-state index in [1.54, 1.807) is 33.6 Å². The zero-order valence-electron chi connectivity index (χ0n) is 18.3. The van der Waals surface area contributed by atoms with Gasteiger partial charge in [0.15, 0.2) is 11.5 Å². The van der Waals surface area contributed by atoms with Gasteiger partial charge < -0.3 is 40.1 Å². The lowest BCUT2D eigenvalue weighted by Gasteiger charge is -2.36. The lowest BCUT2D eigenvalue weighted by Crippen LogP contribution is -2.37. The molecule has 168 valence electrons. The average molecular weight is 430 g/mol. The number of nitrogens with two attached hydrogens (primary N) is 2. The van der Waals surface area contributed by atoms with Crippen molar-refractivity contribution in [3.8, 4) is 17.2 Å². The second-order valence-corrected chi connectivity index (χ2v) is 7.06. The van der Waals surface area contributed by atoms with Gasteiger partial charge in [0.1, 0.15) is 18.5 Å². The van der Waals surface area contributed by atoms with Gasteiger partial charge in [-0.2, -0.15) is 0 Å². The third kappa shape index (κ3) is 5.34. The average Bonchev–Trinajstić information content (AvgIpc) is 2.81. The summed E-state index contributed by atoms with van der Waals surface area (Å²) in [5.74, 6) is 1.96. The van der Waals surface area contributed by atoms with E-state index >= 15 is 0 Å². The Kier molecular flexibility index (Phi) is 7.86. The van der Waals surface area contributed by atoms with Crippen molar-refractivity contribution in [1.29, 1.82) is 0 Å². The van der Waals surface area contributed by atoms with Crippen LogP contribution >= 0.6 is 0 Å². The minimum absolute atomic E-state index is 0.0912. The molecule has 1 fully saturated rings. The number of nitrogen functional groups attached to an aromatic ring is 1. The van der Waals surface area contributed by atoms with E-state index in [-0.39, 0.29) is 6.10 Å². The number of ether oxygens (including phenoxy) is 5. The molecule has 1 atom stereocenters. The third-order valence-corrected chi connectivity index (χ3v) is 5.21. The number of anilines is 1. The fourth-order valence-corrected chi connectivity index (χ4v) is 3.56. The highest BCUT2D eigenvalue weighted by Crippen LogP contribution is 2.37. The van der Waals surface area contributed by atoms with Crippen LogP contribution in [0.3, 0.4) is 0 Å². The quantitative estimate of drug-likeness (QED) is 0.463. The highest BCUT2D eigenvalue weighted by Gasteiger charge is 2.26. The van der Waals surface area contributed by atoms with Crippen molar-refractivity contribution < 1.29 is 23.7 Å². The van der Waals surface area contributed by atoms with Gasteiger partial charge >= 0.3 is 0 Å². The maximum absolute atomic E-state index is 6.35. The molecule has 1 heterocycles. The molecule has 8 heteroatoms. The van der Waals surface area contributed by atoms with Crippen LogP contribution in [0, 0.1) is 0 Å². The molecule has 0 bridgehead atoms. The number of nitrogens with zero attached hydrogens (tertiary/aromatic N) is 1. The summed E-state index contributed by atoms with van der Waals surface area (Å²) in [6, 6.07) is 11.5. The minimum atomic E-state index is -0.0912. The number of morpholine rings is 1. The second kappa shape index (κ2) is 10.8. The lowest BCUT2D eigenvalue weighted by molar-refractivity contribution is -0.0102. The zero-order chi connectivity index (χ0) is 22.2. The largest absolute Gasteiger partial charge is 0.497 e. The van der Waals surface area contributed by atoms with Crippen LogP contribution in [0.1, 0.15) is 17.2 Å². The van der Waals surface area contributed by atoms with Gasteiger partial charge in [-0.3, -0.25) is 0 Å². The number of hydrogen-bond donors (Lipinski definition) is 2. The molecule has 0 spiro atoms. The van der Waals surface area contributed by atoms with Gasteiger partial charge in [0.25, 0.3) is 0 Å². The Morgan fingerprint density at radius 3 is 2.52 bits per heavy atom. The molecule has 0 saturated carbocycles. The van der Waals surface area contributed by atoms with Crippen LogP contribution in [0.25, 0.3) is 5.70 Å². The molecule has 1 unspecified atom stereocenters. The zero-order valence-corrected chi connectivity index (χ0v) is 18.3. The Morgan fingerprint density at radius 2 is 1.87 bits per heavy atom. The topological polar surface area (TPSA) is 101 Å². The van der Waals surface area contributed by atoms with Crippen molar-refractivity contribution in [2.24, 2.45) is 5.73 Å². The van der Waals surface area contributed by atoms with Crippen molar-refractivity contribution in [1.82, 2.24) is 4.90 Å². The molecule has 31 heavy (non-hydrogen) atoms. The Hall–Kier alpha value is -3.10. The second-order valence-electron chi connectivity index (χ2n) is 7.06. The highest BCUT2D eigenvalue weighted by molar-refractivity contribution is 5.77. The molecule has 3 rings (SSSR count). The van der Waals surface area contributed by atoms with Gasteiger partial charge in [-0.15, -0.1) is 0 Å². The molecule has 0 radical (unpaired) electrons. The van der Waals surface area contributed by atoms with E-state index in [4.69, 9.17) is 35.2 Å². The summed E-state index contributed by atoms with van der Waals surface area (Å²) in [6.45, 7) is 2.77. The molecule has 4 N–H and O–H groups in total. The van der Waals surface area contributed by atoms with Gasteiger partial charge in [-0.1, -0.05) is 12.1 Å². The summed E-state index contributed by atoms with van der Waals surface area (Å²) >= 11 is 0. The Labute approximate surface area is 183 Å². The van der Waals surface area contributed by atoms with Crippen LogP contribution < -0.4 is 25.7 Å². The van der Waals surface area contributed by atoms with Crippen molar-refractivity contribution in [3.63, 3.8) is 0 Å². The summed E-state index contributed by atoms with van der Waals surface area (Å²) in [5, 5.41) is 0. The molecule has 0 amide bonds. The van der Waals surface area contributed by atoms with Crippen molar-refractivity contribution in [2.75, 3.05) is 60.0 Å². The van der Waals surface area contributed by atoms with Gasteiger partial charge in [0.05, 0.1) is 33.1 Å². The monoisotopic (exact) mass is 429 g/mol. The van der Waals surface area contributed by atoms with Crippen LogP contribution in [0.4, 0.5) is 5.69 Å². The molecule has 2 aromatic rings. The predicted molar refractivity (Wildman–Crippen MR) is 120 cm³/mol. The number of methoxy groups -OCH3 is 3. The first-order valence-electron chi connectivity index (χ1n) is 10.1. The third-order valence-electron chi connectivity index (χ3n) is 5.21. The van der Waals surface area contributed by atoms with E-state index in [0.717, 1.165) is 22.6 Å². The first-order valence-corrected chi connectivity index (χ1v) is 10.1. The van der Waals surface area contributed by atoms with Gasteiger partial charge in [0.2, 0.25) is 0 Å². The van der Waals surface area contributed by atoms with Gasteiger partial charge in [-0.05, 0) is 23.8 Å². The first-order chi connectivity index (χ1) is 15.1. The van der Waals surface area contributed by atoms with E-state index in [9.17, 15) is 0 Å². The SMILES string of the molecule is COCCOc1cc(/C(=C\N)N2CCOC(c3ccc(OC)cc3)C2)c(N)cc1OC. The molecule has 2 aromatic carbocycles. The Morgan fingerprint density at radius 1 is 1.10 bits per heavy atom. The Balaban J connectivity index is 1.84. The summed E-state index contributed by atoms with van der Waals surface area (Å²) in [5.41, 5.74) is 15.6. The molecular formula is C23H31N3O5. The molecule has 0 aliphatic carbocycles. The van der Waals surface area contributed by atoms with E-state index in [1.165, 1.54) is 0 Å². The maximum Gasteiger partial charge on any atom is 0.162 e. The van der Waals surface area contributed by atoms with Crippen molar-refractivity contribution in [2.45, 2.75) is 6.10 Å². The smallest absolute Gasteiger partial charge is 0.162 e. The maximum atomic E-state index is 6.35. The standard InChI is InChI=1S/C23H31N3O5/c1-27-10-11-31-22-12-18(19(25)13-21(22)29-3)20(14-24)26-8-9-30-23(15-26)16-4-6-17(28-2)7-5-16/h4-7,12-14,23H,8-11,15,24-25H2,1-3H3/b20-14+. The number of rotatable bonds is 9. The summed E-state index contributed by atoms with van der Waals surface area (Å²) < 4.78 is 27.6. The molecule has 0 aromatic heterocycles. The van der Waals surface area contributed by atoms with Crippen molar-refractivity contribution >= 4 is 11.4 Å². The molecule has 1 saturated heterocycles. The fourth-order valence-electron chi connectivity index (χ4n) is 3.56. The summed E-state index contributed by atoms with van der Waals surface area (Å²) in [6.07, 6.45) is 1.49. The fraction of sp³-hybridized carbons (Fsp3) is 0.391. The molecule has 8 nitrogen and oxygen atoms in total. The van der Waals surface area contributed by atoms with Gasteiger partial charge in [-0.25, -0.2) is 0 Å². The van der Waals surface area contributed by atoms with Crippen LogP contribution in [0.2, 0.25) is 0 Å².